The molecule has 120 valence electrons. The zero-order valence-corrected chi connectivity index (χ0v) is 13.6. The van der Waals surface area contributed by atoms with Gasteiger partial charge in [-0.1, -0.05) is 30.3 Å². The van der Waals surface area contributed by atoms with E-state index in [-0.39, 0.29) is 29.4 Å². The zero-order valence-electron chi connectivity index (χ0n) is 12.8. The molecule has 1 amide bonds. The van der Waals surface area contributed by atoms with Crippen LogP contribution < -0.4 is 0 Å². The lowest BCUT2D eigenvalue weighted by Crippen LogP contribution is -2.51. The minimum atomic E-state index is -3.03. The highest BCUT2D eigenvalue weighted by atomic mass is 32.2. The van der Waals surface area contributed by atoms with E-state index in [0.29, 0.717) is 13.0 Å². The van der Waals surface area contributed by atoms with E-state index in [2.05, 4.69) is 11.9 Å². The molecule has 2 aliphatic rings. The summed E-state index contributed by atoms with van der Waals surface area (Å²) >= 11 is 0. The Kier molecular flexibility index (Phi) is 4.23. The zero-order chi connectivity index (χ0) is 15.7. The third-order valence-electron chi connectivity index (χ3n) is 4.63. The molecular formula is C16H22N2O3S. The summed E-state index contributed by atoms with van der Waals surface area (Å²) in [4.78, 5) is 16.9. The van der Waals surface area contributed by atoms with Crippen LogP contribution in [0.4, 0.5) is 0 Å². The first-order valence-corrected chi connectivity index (χ1v) is 9.53. The summed E-state index contributed by atoms with van der Waals surface area (Å²) < 4.78 is 23.3. The number of carbonyl (C=O) groups excluding carboxylic acids is 1. The van der Waals surface area contributed by atoms with Gasteiger partial charge < -0.3 is 9.80 Å². The van der Waals surface area contributed by atoms with E-state index in [1.807, 2.05) is 35.2 Å². The molecule has 1 aromatic carbocycles. The molecule has 0 unspecified atom stereocenters. The van der Waals surface area contributed by atoms with Crippen LogP contribution in [0.25, 0.3) is 0 Å². The average Bonchev–Trinajstić information content (AvgIpc) is 2.87. The van der Waals surface area contributed by atoms with Crippen LogP contribution in [0.15, 0.2) is 30.3 Å². The van der Waals surface area contributed by atoms with Crippen molar-refractivity contribution < 1.29 is 13.2 Å². The van der Waals surface area contributed by atoms with Gasteiger partial charge in [0.15, 0.2) is 9.84 Å². The van der Waals surface area contributed by atoms with E-state index >= 15 is 0 Å². The Labute approximate surface area is 131 Å². The molecule has 0 spiro atoms. The summed E-state index contributed by atoms with van der Waals surface area (Å²) in [5.41, 5.74) is 1.11. The van der Waals surface area contributed by atoms with Gasteiger partial charge in [-0.05, 0) is 19.0 Å². The number of carbonyl (C=O) groups is 1. The lowest BCUT2D eigenvalue weighted by atomic mass is 9.99. The molecule has 2 aliphatic heterocycles. The van der Waals surface area contributed by atoms with Crippen molar-refractivity contribution in [2.24, 2.45) is 5.92 Å². The second-order valence-corrected chi connectivity index (χ2v) is 8.55. The maximum absolute atomic E-state index is 12.8. The Morgan fingerprint density at radius 2 is 1.91 bits per heavy atom. The lowest BCUT2D eigenvalue weighted by molar-refractivity contribution is -0.139. The van der Waals surface area contributed by atoms with Crippen molar-refractivity contribution in [3.63, 3.8) is 0 Å². The number of benzene rings is 1. The van der Waals surface area contributed by atoms with Crippen molar-refractivity contribution in [2.75, 3.05) is 38.2 Å². The first kappa shape index (κ1) is 15.5. The summed E-state index contributed by atoms with van der Waals surface area (Å²) in [5, 5.41) is 0. The maximum Gasteiger partial charge on any atom is 0.227 e. The van der Waals surface area contributed by atoms with E-state index in [9.17, 15) is 13.2 Å². The van der Waals surface area contributed by atoms with Crippen molar-refractivity contribution in [1.82, 2.24) is 9.80 Å². The first-order chi connectivity index (χ1) is 10.5. The molecule has 0 aromatic heterocycles. The monoisotopic (exact) mass is 322 g/mol. The smallest absolute Gasteiger partial charge is 0.227 e. The van der Waals surface area contributed by atoms with Crippen LogP contribution in [0.2, 0.25) is 0 Å². The minimum Gasteiger partial charge on any atom is -0.333 e. The molecule has 0 bridgehead atoms. The Morgan fingerprint density at radius 1 is 1.18 bits per heavy atom. The van der Waals surface area contributed by atoms with Crippen molar-refractivity contribution in [1.29, 1.82) is 0 Å². The lowest BCUT2D eigenvalue weighted by Gasteiger charge is -2.41. The molecule has 0 saturated carbocycles. The molecule has 2 saturated heterocycles. The van der Waals surface area contributed by atoms with Crippen molar-refractivity contribution in [3.05, 3.63) is 35.9 Å². The average molecular weight is 322 g/mol. The second kappa shape index (κ2) is 6.01. The van der Waals surface area contributed by atoms with Crippen LogP contribution in [0, 0.1) is 5.92 Å². The first-order valence-electron chi connectivity index (χ1n) is 7.71. The molecule has 2 heterocycles. The third-order valence-corrected chi connectivity index (χ3v) is 6.40. The van der Waals surface area contributed by atoms with Gasteiger partial charge in [-0.2, -0.15) is 0 Å². The van der Waals surface area contributed by atoms with Gasteiger partial charge in [0, 0.05) is 19.6 Å². The van der Waals surface area contributed by atoms with Crippen LogP contribution in [-0.4, -0.2) is 62.3 Å². The third kappa shape index (κ3) is 3.17. The second-order valence-electron chi connectivity index (χ2n) is 6.32. The van der Waals surface area contributed by atoms with E-state index in [1.54, 1.807) is 0 Å². The highest BCUT2D eigenvalue weighted by Crippen LogP contribution is 2.29. The van der Waals surface area contributed by atoms with E-state index in [0.717, 1.165) is 18.7 Å². The molecule has 1 aromatic rings. The number of rotatable bonds is 2. The largest absolute Gasteiger partial charge is 0.333 e. The number of likely N-dealkylation sites (N-methyl/N-ethyl adjacent to an activating group) is 1. The number of hydrogen-bond acceptors (Lipinski definition) is 4. The minimum absolute atomic E-state index is 0.00280. The normalized spacial score (nSPS) is 28.7. The predicted molar refractivity (Wildman–Crippen MR) is 85.2 cm³/mol. The predicted octanol–water partition coefficient (Wildman–Crippen LogP) is 0.936. The highest BCUT2D eigenvalue weighted by Gasteiger charge is 2.39. The van der Waals surface area contributed by atoms with Gasteiger partial charge in [0.1, 0.15) is 0 Å². The van der Waals surface area contributed by atoms with Gasteiger partial charge >= 0.3 is 0 Å². The van der Waals surface area contributed by atoms with E-state index in [1.165, 1.54) is 0 Å². The molecule has 22 heavy (non-hydrogen) atoms. The van der Waals surface area contributed by atoms with E-state index < -0.39 is 9.84 Å². The topological polar surface area (TPSA) is 57.7 Å². The van der Waals surface area contributed by atoms with Gasteiger partial charge in [0.25, 0.3) is 0 Å². The molecule has 2 atom stereocenters. The number of nitrogens with zero attached hydrogens (tertiary/aromatic N) is 2. The SMILES string of the molecule is CN1CCN(C(=O)[C@H]2CCS(=O)(=O)C2)[C@@H](c2ccccc2)C1. The standard InChI is InChI=1S/C16H22N2O3S/c1-17-8-9-18(15(11-17)13-5-3-2-4-6-13)16(19)14-7-10-22(20,21)12-14/h2-6,14-15H,7-12H2,1H3/t14-,15+/m0/s1. The van der Waals surface area contributed by atoms with Crippen LogP contribution >= 0.6 is 0 Å². The number of amides is 1. The van der Waals surface area contributed by atoms with Crippen LogP contribution in [0.5, 0.6) is 0 Å². The van der Waals surface area contributed by atoms with Gasteiger partial charge in [-0.15, -0.1) is 0 Å². The summed E-state index contributed by atoms with van der Waals surface area (Å²) in [7, 11) is -0.977. The molecule has 6 heteroatoms. The summed E-state index contributed by atoms with van der Waals surface area (Å²) in [6.07, 6.45) is 0.467. The molecular weight excluding hydrogens is 300 g/mol. The van der Waals surface area contributed by atoms with Gasteiger partial charge in [-0.25, -0.2) is 8.42 Å². The molecule has 5 nitrogen and oxygen atoms in total. The Balaban J connectivity index is 1.82. The van der Waals surface area contributed by atoms with Crippen molar-refractivity contribution in [3.8, 4) is 0 Å². The molecule has 0 aliphatic carbocycles. The van der Waals surface area contributed by atoms with Crippen molar-refractivity contribution in [2.45, 2.75) is 12.5 Å². The van der Waals surface area contributed by atoms with Crippen LogP contribution in [-0.2, 0) is 14.6 Å². The Hall–Kier alpha value is -1.40. The fraction of sp³-hybridized carbons (Fsp3) is 0.562. The quantitative estimate of drug-likeness (QED) is 0.813. The summed E-state index contributed by atoms with van der Waals surface area (Å²) in [6.45, 7) is 2.27. The Bertz CT molecular complexity index is 645. The summed E-state index contributed by atoms with van der Waals surface area (Å²) in [6, 6.07) is 10.0. The number of hydrogen-bond donors (Lipinski definition) is 0. The molecule has 3 rings (SSSR count). The van der Waals surface area contributed by atoms with Crippen LogP contribution in [0.3, 0.4) is 0 Å². The van der Waals surface area contributed by atoms with Crippen molar-refractivity contribution >= 4 is 15.7 Å². The fourth-order valence-corrected chi connectivity index (χ4v) is 5.10. The Morgan fingerprint density at radius 3 is 2.55 bits per heavy atom. The fourth-order valence-electron chi connectivity index (χ4n) is 3.37. The molecule has 2 fully saturated rings. The highest BCUT2D eigenvalue weighted by molar-refractivity contribution is 7.91. The van der Waals surface area contributed by atoms with E-state index in [4.69, 9.17) is 0 Å². The maximum atomic E-state index is 12.8. The molecule has 0 N–H and O–H groups in total. The van der Waals surface area contributed by atoms with Crippen LogP contribution in [0.1, 0.15) is 18.0 Å². The van der Waals surface area contributed by atoms with Gasteiger partial charge in [0.05, 0.1) is 23.5 Å². The number of sulfone groups is 1. The van der Waals surface area contributed by atoms with Gasteiger partial charge in [-0.3, -0.25) is 4.79 Å². The van der Waals surface area contributed by atoms with Gasteiger partial charge in [0.2, 0.25) is 5.91 Å². The molecule has 0 radical (unpaired) electrons. The number of piperazine rings is 1. The summed E-state index contributed by atoms with van der Waals surface area (Å²) in [5.74, 6) is -0.199.